The molecule has 2 N–H and O–H groups in total. The highest BCUT2D eigenvalue weighted by molar-refractivity contribution is 6.03. The Morgan fingerprint density at radius 2 is 1.72 bits per heavy atom. The molecule has 6 nitrogen and oxygen atoms in total. The molecule has 25 heavy (non-hydrogen) atoms. The molecule has 0 spiro atoms. The standard InChI is InChI=1S/C19H11NO5/c21-14-9-15(19(23)24)25-17-12-8-11(10-4-2-1-3-5-10)6-7-13(12)20-18(22)16(14)17/h1-9H,(H,20,22)(H,23,24). The van der Waals surface area contributed by atoms with Crippen LogP contribution >= 0.6 is 0 Å². The van der Waals surface area contributed by atoms with Crippen LogP contribution in [0, 0.1) is 0 Å². The van der Waals surface area contributed by atoms with Crippen molar-refractivity contribution in [1.82, 2.24) is 4.98 Å². The first-order valence-corrected chi connectivity index (χ1v) is 7.47. The van der Waals surface area contributed by atoms with E-state index in [0.29, 0.717) is 10.9 Å². The van der Waals surface area contributed by atoms with Gasteiger partial charge in [-0.3, -0.25) is 9.59 Å². The Morgan fingerprint density at radius 1 is 0.960 bits per heavy atom. The second-order valence-corrected chi connectivity index (χ2v) is 5.56. The largest absolute Gasteiger partial charge is 0.475 e. The van der Waals surface area contributed by atoms with Crippen LogP contribution < -0.4 is 11.0 Å². The van der Waals surface area contributed by atoms with E-state index in [0.717, 1.165) is 17.2 Å². The van der Waals surface area contributed by atoms with Gasteiger partial charge in [-0.05, 0) is 23.3 Å². The van der Waals surface area contributed by atoms with E-state index in [9.17, 15) is 14.4 Å². The number of fused-ring (bicyclic) bond motifs is 3. The van der Waals surface area contributed by atoms with Crippen molar-refractivity contribution >= 4 is 27.8 Å². The summed E-state index contributed by atoms with van der Waals surface area (Å²) in [6, 6.07) is 15.6. The van der Waals surface area contributed by atoms with Crippen LogP contribution in [0.5, 0.6) is 0 Å². The van der Waals surface area contributed by atoms with E-state index in [2.05, 4.69) is 4.98 Å². The molecule has 4 rings (SSSR count). The number of hydrogen-bond acceptors (Lipinski definition) is 4. The maximum absolute atomic E-state index is 12.2. The second-order valence-electron chi connectivity index (χ2n) is 5.56. The normalized spacial score (nSPS) is 11.0. The third-order valence-corrected chi connectivity index (χ3v) is 4.01. The van der Waals surface area contributed by atoms with Gasteiger partial charge in [0.1, 0.15) is 5.39 Å². The van der Waals surface area contributed by atoms with Gasteiger partial charge in [-0.2, -0.15) is 0 Å². The number of hydrogen-bond donors (Lipinski definition) is 2. The predicted molar refractivity (Wildman–Crippen MR) is 93.0 cm³/mol. The molecule has 2 aromatic carbocycles. The van der Waals surface area contributed by atoms with E-state index in [1.54, 1.807) is 12.1 Å². The highest BCUT2D eigenvalue weighted by atomic mass is 16.4. The quantitative estimate of drug-likeness (QED) is 0.549. The Morgan fingerprint density at radius 3 is 2.44 bits per heavy atom. The molecule has 0 saturated heterocycles. The number of benzene rings is 2. The lowest BCUT2D eigenvalue weighted by atomic mass is 10.0. The van der Waals surface area contributed by atoms with Crippen molar-refractivity contribution in [2.75, 3.05) is 0 Å². The van der Waals surface area contributed by atoms with Crippen molar-refractivity contribution in [2.45, 2.75) is 0 Å². The molecule has 2 heterocycles. The molecule has 0 atom stereocenters. The SMILES string of the molecule is O=C(O)c1cc(=O)c2c(=O)[nH]c3ccc(-c4ccccc4)cc3c2o1. The van der Waals surface area contributed by atoms with Crippen LogP contribution in [0.15, 0.2) is 68.6 Å². The van der Waals surface area contributed by atoms with Gasteiger partial charge in [-0.15, -0.1) is 0 Å². The first-order chi connectivity index (χ1) is 12.0. The molecule has 4 aromatic rings. The summed E-state index contributed by atoms with van der Waals surface area (Å²) in [5, 5.41) is 9.40. The summed E-state index contributed by atoms with van der Waals surface area (Å²) in [6.07, 6.45) is 0. The Kier molecular flexibility index (Phi) is 3.25. The van der Waals surface area contributed by atoms with Gasteiger partial charge in [0, 0.05) is 11.5 Å². The van der Waals surface area contributed by atoms with Gasteiger partial charge in [-0.25, -0.2) is 4.79 Å². The zero-order valence-corrected chi connectivity index (χ0v) is 12.8. The average molecular weight is 333 g/mol. The number of pyridine rings is 1. The fourth-order valence-corrected chi connectivity index (χ4v) is 2.84. The number of aromatic amines is 1. The number of rotatable bonds is 2. The molecule has 6 heteroatoms. The highest BCUT2D eigenvalue weighted by Crippen LogP contribution is 2.27. The van der Waals surface area contributed by atoms with Crippen molar-refractivity contribution in [3.8, 4) is 11.1 Å². The molecular weight excluding hydrogens is 322 g/mol. The number of aromatic carboxylic acids is 1. The lowest BCUT2D eigenvalue weighted by Gasteiger charge is -2.07. The minimum atomic E-state index is -1.37. The fraction of sp³-hybridized carbons (Fsp3) is 0. The van der Waals surface area contributed by atoms with Gasteiger partial charge in [0.25, 0.3) is 5.56 Å². The molecule has 0 bridgehead atoms. The van der Waals surface area contributed by atoms with E-state index in [-0.39, 0.29) is 11.0 Å². The molecule has 0 aliphatic heterocycles. The van der Waals surface area contributed by atoms with E-state index < -0.39 is 22.7 Å². The van der Waals surface area contributed by atoms with Gasteiger partial charge in [0.15, 0.2) is 11.0 Å². The van der Waals surface area contributed by atoms with Crippen molar-refractivity contribution in [3.05, 3.63) is 80.9 Å². The van der Waals surface area contributed by atoms with Crippen LogP contribution in [0.3, 0.4) is 0 Å². The number of aromatic nitrogens is 1. The highest BCUT2D eigenvalue weighted by Gasteiger charge is 2.16. The summed E-state index contributed by atoms with van der Waals surface area (Å²) in [5.74, 6) is -1.87. The molecule has 0 unspecified atom stereocenters. The third-order valence-electron chi connectivity index (χ3n) is 4.01. The summed E-state index contributed by atoms with van der Waals surface area (Å²) in [6.45, 7) is 0. The summed E-state index contributed by atoms with van der Waals surface area (Å²) in [7, 11) is 0. The molecule has 0 amide bonds. The Hall–Kier alpha value is -3.67. The maximum atomic E-state index is 12.2. The van der Waals surface area contributed by atoms with E-state index in [1.165, 1.54) is 0 Å². The van der Waals surface area contributed by atoms with Crippen molar-refractivity contribution in [2.24, 2.45) is 0 Å². The first-order valence-electron chi connectivity index (χ1n) is 7.47. The second kappa shape index (κ2) is 5.45. The monoisotopic (exact) mass is 333 g/mol. The lowest BCUT2D eigenvalue weighted by molar-refractivity contribution is 0.0663. The van der Waals surface area contributed by atoms with E-state index >= 15 is 0 Å². The summed E-state index contributed by atoms with van der Waals surface area (Å²) >= 11 is 0. The summed E-state index contributed by atoms with van der Waals surface area (Å²) in [4.78, 5) is 38.2. The average Bonchev–Trinajstić information content (AvgIpc) is 2.61. The molecule has 0 radical (unpaired) electrons. The van der Waals surface area contributed by atoms with Crippen LogP contribution in [-0.4, -0.2) is 16.1 Å². The molecular formula is C19H11NO5. The van der Waals surface area contributed by atoms with Gasteiger partial charge in [-0.1, -0.05) is 36.4 Å². The molecule has 0 fully saturated rings. The maximum Gasteiger partial charge on any atom is 0.371 e. The van der Waals surface area contributed by atoms with Crippen LogP contribution in [0.2, 0.25) is 0 Å². The number of H-pyrrole nitrogens is 1. The summed E-state index contributed by atoms with van der Waals surface area (Å²) < 4.78 is 5.37. The molecule has 0 aliphatic carbocycles. The van der Waals surface area contributed by atoms with E-state index in [1.807, 2.05) is 36.4 Å². The third kappa shape index (κ3) is 2.40. The Labute approximate surface area is 140 Å². The predicted octanol–water partition coefficient (Wildman–Crippen LogP) is 3.00. The Balaban J connectivity index is 2.15. The van der Waals surface area contributed by atoms with Crippen LogP contribution in [0.1, 0.15) is 10.6 Å². The molecule has 122 valence electrons. The smallest absolute Gasteiger partial charge is 0.371 e. The molecule has 2 aromatic heterocycles. The fourth-order valence-electron chi connectivity index (χ4n) is 2.84. The first kappa shape index (κ1) is 14.9. The van der Waals surface area contributed by atoms with Gasteiger partial charge < -0.3 is 14.5 Å². The zero-order valence-electron chi connectivity index (χ0n) is 12.8. The summed E-state index contributed by atoms with van der Waals surface area (Å²) in [5.41, 5.74) is 0.933. The van der Waals surface area contributed by atoms with Crippen LogP contribution in [-0.2, 0) is 0 Å². The van der Waals surface area contributed by atoms with Gasteiger partial charge in [0.05, 0.1) is 5.52 Å². The number of carboxylic acid groups (broad SMARTS) is 1. The van der Waals surface area contributed by atoms with Crippen LogP contribution in [0.4, 0.5) is 0 Å². The van der Waals surface area contributed by atoms with Crippen molar-refractivity contribution in [3.63, 3.8) is 0 Å². The van der Waals surface area contributed by atoms with Gasteiger partial charge >= 0.3 is 5.97 Å². The molecule has 0 saturated carbocycles. The number of carbonyl (C=O) groups is 1. The topological polar surface area (TPSA) is 100 Å². The number of carboxylic acids is 1. The number of nitrogens with one attached hydrogen (secondary N) is 1. The Bertz CT molecular complexity index is 1250. The molecule has 0 aliphatic rings. The zero-order chi connectivity index (χ0) is 17.6. The van der Waals surface area contributed by atoms with Crippen molar-refractivity contribution in [1.29, 1.82) is 0 Å². The van der Waals surface area contributed by atoms with Crippen LogP contribution in [0.25, 0.3) is 33.0 Å². The minimum absolute atomic E-state index is 0.0265. The van der Waals surface area contributed by atoms with E-state index in [4.69, 9.17) is 9.52 Å². The van der Waals surface area contributed by atoms with Gasteiger partial charge in [0.2, 0.25) is 5.76 Å². The minimum Gasteiger partial charge on any atom is -0.475 e. The lowest BCUT2D eigenvalue weighted by Crippen LogP contribution is -2.17. The van der Waals surface area contributed by atoms with Crippen molar-refractivity contribution < 1.29 is 14.3 Å².